The summed E-state index contributed by atoms with van der Waals surface area (Å²) in [4.78, 5) is 0. The molecule has 0 amide bonds. The van der Waals surface area contributed by atoms with Gasteiger partial charge in [0.1, 0.15) is 0 Å². The summed E-state index contributed by atoms with van der Waals surface area (Å²) in [5.74, 6) is 0. The third-order valence-electron chi connectivity index (χ3n) is 1.34. The Kier molecular flexibility index (Phi) is 2.31. The summed E-state index contributed by atoms with van der Waals surface area (Å²) in [5, 5.41) is 7.29. The lowest BCUT2D eigenvalue weighted by Crippen LogP contribution is -1.95. The Morgan fingerprint density at radius 1 is 1.70 bits per heavy atom. The third kappa shape index (κ3) is 1.50. The van der Waals surface area contributed by atoms with Crippen molar-refractivity contribution in [3.05, 3.63) is 12.4 Å². The molecule has 0 radical (unpaired) electrons. The summed E-state index contributed by atoms with van der Waals surface area (Å²) in [6.45, 7) is 6.03. The maximum atomic E-state index is 4.11. The average Bonchev–Trinajstić information content (AvgIpc) is 2.37. The van der Waals surface area contributed by atoms with Gasteiger partial charge in [-0.25, -0.2) is 0 Å². The molecule has 0 atom stereocenters. The average molecular weight is 141 g/mol. The highest BCUT2D eigenvalue weighted by molar-refractivity contribution is 5.37. The third-order valence-corrected chi connectivity index (χ3v) is 1.34. The van der Waals surface area contributed by atoms with Gasteiger partial charge in [-0.05, 0) is 13.8 Å². The van der Waals surface area contributed by atoms with Crippen LogP contribution in [0.2, 0.25) is 0 Å². The number of hydrogen-bond acceptors (Lipinski definition) is 2. The van der Waals surface area contributed by atoms with Gasteiger partial charge in [0.05, 0.1) is 11.9 Å². The number of nitrogens with zero attached hydrogens (tertiary/aromatic N) is 2. The fourth-order valence-corrected chi connectivity index (χ4v) is 0.832. The monoisotopic (exact) mass is 141 g/mol. The van der Waals surface area contributed by atoms with Gasteiger partial charge in [-0.1, -0.05) is 0 Å². The van der Waals surface area contributed by atoms with E-state index in [9.17, 15) is 0 Å². The highest BCUT2D eigenvalue weighted by Gasteiger charge is 1.91. The van der Waals surface area contributed by atoms with Gasteiger partial charge in [-0.2, -0.15) is 5.10 Å². The van der Waals surface area contributed by atoms with E-state index in [0.29, 0.717) is 0 Å². The Balaban J connectivity index is 0.000001000. The highest BCUT2D eigenvalue weighted by atomic mass is 15.3. The minimum absolute atomic E-state index is 0. The van der Waals surface area contributed by atoms with E-state index in [2.05, 4.69) is 24.3 Å². The van der Waals surface area contributed by atoms with E-state index in [4.69, 9.17) is 0 Å². The second kappa shape index (κ2) is 3.25. The van der Waals surface area contributed by atoms with Gasteiger partial charge in [-0.15, -0.1) is 0 Å². The normalized spacial score (nSPS) is 9.80. The van der Waals surface area contributed by atoms with Crippen LogP contribution in [0.25, 0.3) is 0 Å². The fraction of sp³-hybridized carbons (Fsp3) is 0.571. The molecule has 0 spiro atoms. The first-order valence-electron chi connectivity index (χ1n) is 3.63. The highest BCUT2D eigenvalue weighted by Crippen LogP contribution is 2.02. The van der Waals surface area contributed by atoms with Crippen molar-refractivity contribution in [1.82, 2.24) is 9.78 Å². The zero-order valence-corrected chi connectivity index (χ0v) is 6.46. The smallest absolute Gasteiger partial charge is 0.0726 e. The van der Waals surface area contributed by atoms with Crippen LogP contribution < -0.4 is 5.32 Å². The lowest BCUT2D eigenvalue weighted by Gasteiger charge is -1.94. The van der Waals surface area contributed by atoms with Crippen LogP contribution >= 0.6 is 0 Å². The molecule has 0 saturated carbocycles. The molecule has 0 aliphatic carbocycles. The number of aromatic nitrogens is 2. The molecule has 0 bridgehead atoms. The van der Waals surface area contributed by atoms with Gasteiger partial charge in [0.15, 0.2) is 0 Å². The van der Waals surface area contributed by atoms with E-state index >= 15 is 0 Å². The van der Waals surface area contributed by atoms with Gasteiger partial charge in [0.2, 0.25) is 0 Å². The van der Waals surface area contributed by atoms with Crippen LogP contribution in [0, 0.1) is 0 Å². The quantitative estimate of drug-likeness (QED) is 0.692. The maximum absolute atomic E-state index is 4.11. The van der Waals surface area contributed by atoms with Crippen LogP contribution in [0.3, 0.4) is 0 Å². The summed E-state index contributed by atoms with van der Waals surface area (Å²) in [5.41, 5.74) is 1.10. The number of aryl methyl sites for hydroxylation is 1. The number of hydrogen-bond donors (Lipinski definition) is 1. The van der Waals surface area contributed by atoms with Crippen LogP contribution in [0.4, 0.5) is 5.69 Å². The number of nitrogens with one attached hydrogen (secondary N) is 1. The predicted molar refractivity (Wildman–Crippen MR) is 44.2 cm³/mol. The first kappa shape index (κ1) is 7.12. The van der Waals surface area contributed by atoms with Crippen LogP contribution in [0.5, 0.6) is 0 Å². The van der Waals surface area contributed by atoms with E-state index < -0.39 is 0 Å². The Bertz CT molecular complexity index is 197. The molecule has 1 N–H and O–H groups in total. The summed E-state index contributed by atoms with van der Waals surface area (Å²) in [7, 11) is 0. The van der Waals surface area contributed by atoms with Gasteiger partial charge in [0, 0.05) is 20.7 Å². The largest absolute Gasteiger partial charge is 0.383 e. The molecule has 1 heterocycles. The molecule has 0 unspecified atom stereocenters. The van der Waals surface area contributed by atoms with E-state index in [0.717, 1.165) is 18.8 Å². The molecule has 1 aromatic heterocycles. The van der Waals surface area contributed by atoms with Crippen LogP contribution in [0.15, 0.2) is 12.4 Å². The Morgan fingerprint density at radius 3 is 3.00 bits per heavy atom. The van der Waals surface area contributed by atoms with Crippen molar-refractivity contribution in [1.29, 1.82) is 0 Å². The Hall–Kier alpha value is -0.990. The van der Waals surface area contributed by atoms with Crippen molar-refractivity contribution in [2.45, 2.75) is 20.4 Å². The van der Waals surface area contributed by atoms with Gasteiger partial charge in [-0.3, -0.25) is 4.68 Å². The second-order valence-corrected chi connectivity index (χ2v) is 2.12. The first-order chi connectivity index (χ1) is 4.86. The molecule has 1 rings (SSSR count). The summed E-state index contributed by atoms with van der Waals surface area (Å²) < 4.78 is 1.90. The van der Waals surface area contributed by atoms with E-state index in [1.54, 1.807) is 0 Å². The first-order valence-corrected chi connectivity index (χ1v) is 3.63. The van der Waals surface area contributed by atoms with Crippen molar-refractivity contribution in [2.75, 3.05) is 11.9 Å². The molecule has 0 fully saturated rings. The van der Waals surface area contributed by atoms with Gasteiger partial charge < -0.3 is 5.32 Å². The van der Waals surface area contributed by atoms with Crippen LogP contribution in [-0.4, -0.2) is 16.3 Å². The lowest BCUT2D eigenvalue weighted by molar-refractivity contribution is 0.660. The summed E-state index contributed by atoms with van der Waals surface area (Å²) in [6.07, 6.45) is 3.84. The SMILES string of the molecule is CCNc1cnn(CC)c1.[HH]. The van der Waals surface area contributed by atoms with E-state index in [-0.39, 0.29) is 1.43 Å². The summed E-state index contributed by atoms with van der Waals surface area (Å²) in [6, 6.07) is 0. The van der Waals surface area contributed by atoms with Crippen LogP contribution in [-0.2, 0) is 6.54 Å². The van der Waals surface area contributed by atoms with Crippen LogP contribution in [0.1, 0.15) is 15.3 Å². The molecule has 10 heavy (non-hydrogen) atoms. The van der Waals surface area contributed by atoms with Gasteiger partial charge >= 0.3 is 0 Å². The van der Waals surface area contributed by atoms with Gasteiger partial charge in [0.25, 0.3) is 0 Å². The van der Waals surface area contributed by atoms with E-state index in [1.165, 1.54) is 0 Å². The lowest BCUT2D eigenvalue weighted by atomic mass is 10.5. The molecular weight excluding hydrogens is 126 g/mol. The van der Waals surface area contributed by atoms with Crippen molar-refractivity contribution in [2.24, 2.45) is 0 Å². The number of rotatable bonds is 3. The number of anilines is 1. The molecule has 58 valence electrons. The molecule has 3 nitrogen and oxygen atoms in total. The molecule has 0 aromatic carbocycles. The minimum Gasteiger partial charge on any atom is -0.383 e. The molecule has 1 aromatic rings. The standard InChI is InChI=1S/C7H13N3.H2/c1-3-8-7-5-9-10(4-2)6-7;/h5-6,8H,3-4H2,1-2H3;1H. The topological polar surface area (TPSA) is 29.9 Å². The second-order valence-electron chi connectivity index (χ2n) is 2.12. The maximum Gasteiger partial charge on any atom is 0.0726 e. The van der Waals surface area contributed by atoms with Crippen molar-refractivity contribution < 1.29 is 1.43 Å². The zero-order chi connectivity index (χ0) is 7.40. The summed E-state index contributed by atoms with van der Waals surface area (Å²) >= 11 is 0. The van der Waals surface area contributed by atoms with E-state index in [1.807, 2.05) is 17.1 Å². The Labute approximate surface area is 62.5 Å². The molecule has 0 aliphatic heterocycles. The fourth-order valence-electron chi connectivity index (χ4n) is 0.832. The molecular formula is C7H15N3. The zero-order valence-electron chi connectivity index (χ0n) is 6.46. The van der Waals surface area contributed by atoms with Crippen molar-refractivity contribution >= 4 is 5.69 Å². The molecule has 3 heteroatoms. The minimum atomic E-state index is 0. The van der Waals surface area contributed by atoms with Crippen molar-refractivity contribution in [3.8, 4) is 0 Å². The predicted octanol–water partition coefficient (Wildman–Crippen LogP) is 1.58. The molecule has 0 saturated heterocycles. The van der Waals surface area contributed by atoms with Crippen molar-refractivity contribution in [3.63, 3.8) is 0 Å². The Morgan fingerprint density at radius 2 is 2.50 bits per heavy atom. The molecule has 0 aliphatic rings.